The van der Waals surface area contributed by atoms with E-state index in [9.17, 15) is 9.59 Å². The average Bonchev–Trinajstić information content (AvgIpc) is 2.79. The van der Waals surface area contributed by atoms with Gasteiger partial charge in [0.1, 0.15) is 18.5 Å². The molecule has 8 nitrogen and oxygen atoms in total. The van der Waals surface area contributed by atoms with Crippen molar-refractivity contribution in [3.05, 3.63) is 72.3 Å². The number of benzene rings is 2. The van der Waals surface area contributed by atoms with Crippen molar-refractivity contribution in [2.75, 3.05) is 18.5 Å². The Bertz CT molecular complexity index is 898. The quantitative estimate of drug-likeness (QED) is 0.235. The molecule has 1 atom stereocenters. The van der Waals surface area contributed by atoms with Crippen molar-refractivity contribution in [3.8, 4) is 5.75 Å². The van der Waals surface area contributed by atoms with Crippen molar-refractivity contribution < 1.29 is 29.4 Å². The van der Waals surface area contributed by atoms with Crippen molar-refractivity contribution in [2.45, 2.75) is 32.8 Å². The van der Waals surface area contributed by atoms with Crippen LogP contribution in [0.2, 0.25) is 0 Å². The third kappa shape index (κ3) is 8.05. The lowest BCUT2D eigenvalue weighted by atomic mass is 9.78. The first kappa shape index (κ1) is 24.9. The molecule has 2 rings (SSSR count). The maximum Gasteiger partial charge on any atom is 0.412 e. The van der Waals surface area contributed by atoms with Gasteiger partial charge in [-0.1, -0.05) is 50.3 Å². The van der Waals surface area contributed by atoms with Crippen LogP contribution in [0.5, 0.6) is 5.75 Å². The monoisotopic (exact) mass is 442 g/mol. The minimum Gasteiger partial charge on any atom is -0.491 e. The normalized spacial score (nSPS) is 12.2. The molecule has 0 saturated heterocycles. The van der Waals surface area contributed by atoms with Gasteiger partial charge in [0.05, 0.1) is 6.61 Å². The van der Waals surface area contributed by atoms with Crippen molar-refractivity contribution in [1.29, 1.82) is 0 Å². The molecule has 2 amide bonds. The Hall–Kier alpha value is -3.36. The van der Waals surface area contributed by atoms with Crippen LogP contribution in [0.3, 0.4) is 0 Å². The van der Waals surface area contributed by atoms with Crippen LogP contribution in [-0.2, 0) is 9.53 Å². The third-order valence-electron chi connectivity index (χ3n) is 4.81. The number of amides is 2. The van der Waals surface area contributed by atoms with Crippen molar-refractivity contribution >= 4 is 17.7 Å². The van der Waals surface area contributed by atoms with Gasteiger partial charge < -0.3 is 14.6 Å². The van der Waals surface area contributed by atoms with Gasteiger partial charge in [-0.15, -0.1) is 0 Å². The molecule has 4 N–H and O–H groups in total. The molecule has 0 unspecified atom stereocenters. The van der Waals surface area contributed by atoms with Crippen molar-refractivity contribution in [1.82, 2.24) is 5.48 Å². The predicted octanol–water partition coefficient (Wildman–Crippen LogP) is 4.22. The van der Waals surface area contributed by atoms with E-state index >= 15 is 0 Å². The first-order chi connectivity index (χ1) is 15.4. The number of allylic oxidation sites excluding steroid dienone is 1. The van der Waals surface area contributed by atoms with Gasteiger partial charge in [0.25, 0.3) is 5.91 Å². The Labute approximate surface area is 187 Å². The topological polar surface area (TPSA) is 117 Å². The largest absolute Gasteiger partial charge is 0.491 e. The number of hydroxylamine groups is 1. The standard InChI is InChI=1S/C24H30N2O6/c1-24(2,14-7-6-13-21(28)26-30)22(18-9-8-12-20(17-18)31-16-15-27)32-23(29)25-19-10-4-3-5-11-19/h3-6,8-13,17,22,27,30H,7,14-16H2,1-2H3,(H,25,29)(H,26,28)/b13-6+/t22-/m0/s1. The number of carbonyl (C=O) groups excluding carboxylic acids is 2. The highest BCUT2D eigenvalue weighted by atomic mass is 16.6. The summed E-state index contributed by atoms with van der Waals surface area (Å²) in [7, 11) is 0. The summed E-state index contributed by atoms with van der Waals surface area (Å²) in [5, 5.41) is 20.3. The van der Waals surface area contributed by atoms with Crippen LogP contribution >= 0.6 is 0 Å². The molecule has 0 fully saturated rings. The minimum absolute atomic E-state index is 0.108. The molecular formula is C24H30N2O6. The predicted molar refractivity (Wildman–Crippen MR) is 120 cm³/mol. The molecule has 32 heavy (non-hydrogen) atoms. The molecule has 2 aromatic carbocycles. The van der Waals surface area contributed by atoms with Gasteiger partial charge in [0.15, 0.2) is 0 Å². The maximum atomic E-state index is 12.7. The summed E-state index contributed by atoms with van der Waals surface area (Å²) in [5.74, 6) is -0.0458. The minimum atomic E-state index is -0.621. The summed E-state index contributed by atoms with van der Waals surface area (Å²) >= 11 is 0. The Balaban J connectivity index is 2.22. The molecular weight excluding hydrogens is 412 g/mol. The number of aliphatic hydroxyl groups is 1. The van der Waals surface area contributed by atoms with Gasteiger partial charge in [-0.25, -0.2) is 10.3 Å². The molecule has 0 radical (unpaired) electrons. The Kier molecular flexibility index (Phi) is 9.72. The summed E-state index contributed by atoms with van der Waals surface area (Å²) in [6.45, 7) is 3.98. The molecule has 0 heterocycles. The van der Waals surface area contributed by atoms with Gasteiger partial charge in [-0.05, 0) is 42.7 Å². The van der Waals surface area contributed by atoms with E-state index in [4.69, 9.17) is 19.8 Å². The number of para-hydroxylation sites is 1. The summed E-state index contributed by atoms with van der Waals surface area (Å²) < 4.78 is 11.4. The number of aliphatic hydroxyl groups excluding tert-OH is 1. The summed E-state index contributed by atoms with van der Waals surface area (Å²) in [5.41, 5.74) is 2.40. The molecule has 0 aliphatic carbocycles. The lowest BCUT2D eigenvalue weighted by molar-refractivity contribution is -0.124. The van der Waals surface area contributed by atoms with Crippen LogP contribution in [0.25, 0.3) is 0 Å². The number of rotatable bonds is 11. The molecule has 2 aromatic rings. The third-order valence-corrected chi connectivity index (χ3v) is 4.81. The zero-order valence-corrected chi connectivity index (χ0v) is 18.3. The van der Waals surface area contributed by atoms with Gasteiger partial charge in [0.2, 0.25) is 0 Å². The molecule has 172 valence electrons. The van der Waals surface area contributed by atoms with E-state index in [1.807, 2.05) is 38.1 Å². The van der Waals surface area contributed by atoms with Crippen molar-refractivity contribution in [2.24, 2.45) is 5.41 Å². The fraction of sp³-hybridized carbons (Fsp3) is 0.333. The summed E-state index contributed by atoms with van der Waals surface area (Å²) in [6, 6.07) is 16.2. The number of nitrogens with one attached hydrogen (secondary N) is 2. The molecule has 0 spiro atoms. The fourth-order valence-electron chi connectivity index (χ4n) is 3.20. The second-order valence-corrected chi connectivity index (χ2v) is 7.83. The van der Waals surface area contributed by atoms with Gasteiger partial charge in [0, 0.05) is 17.2 Å². The van der Waals surface area contributed by atoms with Crippen LogP contribution in [0, 0.1) is 5.41 Å². The fourth-order valence-corrected chi connectivity index (χ4v) is 3.20. The highest BCUT2D eigenvalue weighted by molar-refractivity contribution is 5.86. The van der Waals surface area contributed by atoms with Crippen LogP contribution in [0.1, 0.15) is 38.4 Å². The smallest absolute Gasteiger partial charge is 0.412 e. The molecule has 8 heteroatoms. The lowest BCUT2D eigenvalue weighted by Crippen LogP contribution is -2.29. The van der Waals surface area contributed by atoms with E-state index in [-0.39, 0.29) is 13.2 Å². The number of hydrogen-bond acceptors (Lipinski definition) is 6. The maximum absolute atomic E-state index is 12.7. The molecule has 0 saturated carbocycles. The van der Waals surface area contributed by atoms with Gasteiger partial charge >= 0.3 is 6.09 Å². The first-order valence-corrected chi connectivity index (χ1v) is 10.3. The highest BCUT2D eigenvalue weighted by Crippen LogP contribution is 2.41. The molecule has 0 aliphatic heterocycles. The van der Waals surface area contributed by atoms with E-state index < -0.39 is 23.5 Å². The highest BCUT2D eigenvalue weighted by Gasteiger charge is 2.34. The summed E-state index contributed by atoms with van der Waals surface area (Å²) in [4.78, 5) is 23.8. The van der Waals surface area contributed by atoms with Crippen LogP contribution < -0.4 is 15.5 Å². The Morgan fingerprint density at radius 2 is 1.88 bits per heavy atom. The Morgan fingerprint density at radius 3 is 2.56 bits per heavy atom. The number of carbonyl (C=O) groups is 2. The molecule has 0 aliphatic rings. The zero-order valence-electron chi connectivity index (χ0n) is 18.3. The lowest BCUT2D eigenvalue weighted by Gasteiger charge is -2.34. The average molecular weight is 443 g/mol. The second kappa shape index (κ2) is 12.5. The SMILES string of the molecule is CC(C)(CC/C=C/C(=O)NO)[C@@H](OC(=O)Nc1ccccc1)c1cccc(OCCO)c1. The van der Waals surface area contributed by atoms with E-state index in [1.165, 1.54) is 6.08 Å². The van der Waals surface area contributed by atoms with Gasteiger partial charge in [-0.2, -0.15) is 0 Å². The second-order valence-electron chi connectivity index (χ2n) is 7.83. The molecule has 0 bridgehead atoms. The summed E-state index contributed by atoms with van der Waals surface area (Å²) in [6.07, 6.45) is 2.80. The van der Waals surface area contributed by atoms with Crippen molar-refractivity contribution in [3.63, 3.8) is 0 Å². The van der Waals surface area contributed by atoms with E-state index in [0.717, 1.165) is 5.56 Å². The zero-order chi connectivity index (χ0) is 23.4. The number of ether oxygens (including phenoxy) is 2. The van der Waals surface area contributed by atoms with E-state index in [1.54, 1.807) is 41.9 Å². The molecule has 0 aromatic heterocycles. The number of hydrogen-bond donors (Lipinski definition) is 4. The van der Waals surface area contributed by atoms with E-state index in [2.05, 4.69) is 5.32 Å². The Morgan fingerprint density at radius 1 is 1.12 bits per heavy atom. The van der Waals surface area contributed by atoms with Crippen LogP contribution in [0.4, 0.5) is 10.5 Å². The van der Waals surface area contributed by atoms with E-state index in [0.29, 0.717) is 24.3 Å². The first-order valence-electron chi connectivity index (χ1n) is 10.3. The van der Waals surface area contributed by atoms with Crippen LogP contribution in [0.15, 0.2) is 66.7 Å². The van der Waals surface area contributed by atoms with Gasteiger partial charge in [-0.3, -0.25) is 15.3 Å². The number of anilines is 1. The van der Waals surface area contributed by atoms with Crippen LogP contribution in [-0.4, -0.2) is 35.5 Å².